The molecule has 1 saturated heterocycles. The highest BCUT2D eigenvalue weighted by Crippen LogP contribution is 2.40. The molecule has 1 aliphatic heterocycles. The molecule has 0 bridgehead atoms. The Morgan fingerprint density at radius 2 is 1.90 bits per heavy atom. The lowest BCUT2D eigenvalue weighted by Crippen LogP contribution is -2.52. The van der Waals surface area contributed by atoms with Crippen LogP contribution >= 0.6 is 0 Å². The van der Waals surface area contributed by atoms with Crippen molar-refractivity contribution < 1.29 is 9.90 Å². The van der Waals surface area contributed by atoms with E-state index in [-0.39, 0.29) is 0 Å². The lowest BCUT2D eigenvalue weighted by molar-refractivity contribution is -0.154. The van der Waals surface area contributed by atoms with Gasteiger partial charge in [0.2, 0.25) is 0 Å². The number of rotatable bonds is 5. The van der Waals surface area contributed by atoms with Crippen LogP contribution in [0.3, 0.4) is 0 Å². The van der Waals surface area contributed by atoms with Gasteiger partial charge in [-0.3, -0.25) is 9.69 Å². The van der Waals surface area contributed by atoms with Crippen LogP contribution in [0.5, 0.6) is 0 Å². The summed E-state index contributed by atoms with van der Waals surface area (Å²) in [6.07, 6.45) is 5.19. The molecular weight excluding hydrogens is 252 g/mol. The monoisotopic (exact) mass is 282 g/mol. The summed E-state index contributed by atoms with van der Waals surface area (Å²) in [4.78, 5) is 16.7. The summed E-state index contributed by atoms with van der Waals surface area (Å²) in [6, 6.07) is 0. The maximum absolute atomic E-state index is 11.8. The van der Waals surface area contributed by atoms with Gasteiger partial charge in [0.15, 0.2) is 0 Å². The van der Waals surface area contributed by atoms with Gasteiger partial charge in [0.25, 0.3) is 0 Å². The number of hydrogen-bond acceptors (Lipinski definition) is 3. The number of piperazine rings is 1. The summed E-state index contributed by atoms with van der Waals surface area (Å²) in [5.41, 5.74) is -0.482. The maximum Gasteiger partial charge on any atom is 0.310 e. The van der Waals surface area contributed by atoms with Crippen LogP contribution in [0.15, 0.2) is 0 Å². The molecule has 1 heterocycles. The number of hydrogen-bond donors (Lipinski definition) is 1. The fourth-order valence-electron chi connectivity index (χ4n) is 3.98. The molecule has 1 saturated carbocycles. The van der Waals surface area contributed by atoms with Crippen LogP contribution in [0.4, 0.5) is 0 Å². The first-order chi connectivity index (χ1) is 9.55. The lowest BCUT2D eigenvalue weighted by atomic mass is 9.69. The van der Waals surface area contributed by atoms with E-state index >= 15 is 0 Å². The number of carbonyl (C=O) groups is 1. The van der Waals surface area contributed by atoms with Crippen molar-refractivity contribution in [3.8, 4) is 0 Å². The fraction of sp³-hybridized carbons (Fsp3) is 0.938. The fourth-order valence-corrected chi connectivity index (χ4v) is 3.98. The highest BCUT2D eigenvalue weighted by atomic mass is 16.4. The van der Waals surface area contributed by atoms with Crippen LogP contribution in [0, 0.1) is 11.3 Å². The molecule has 2 rings (SSSR count). The van der Waals surface area contributed by atoms with Gasteiger partial charge in [0.1, 0.15) is 0 Å². The summed E-state index contributed by atoms with van der Waals surface area (Å²) in [5.74, 6) is -0.0127. The Labute approximate surface area is 123 Å². The van der Waals surface area contributed by atoms with E-state index in [2.05, 4.69) is 23.6 Å². The second kappa shape index (κ2) is 6.90. The molecule has 0 aromatic rings. The van der Waals surface area contributed by atoms with E-state index in [0.717, 1.165) is 52.0 Å². The Balaban J connectivity index is 1.91. The summed E-state index contributed by atoms with van der Waals surface area (Å²) in [5, 5.41) is 9.74. The summed E-state index contributed by atoms with van der Waals surface area (Å²) in [7, 11) is 0. The molecule has 2 unspecified atom stereocenters. The zero-order valence-corrected chi connectivity index (χ0v) is 13.1. The minimum absolute atomic E-state index is 0.482. The second-order valence-corrected chi connectivity index (χ2v) is 6.90. The third-order valence-corrected chi connectivity index (χ3v) is 5.08. The first-order valence-electron chi connectivity index (χ1n) is 8.24. The van der Waals surface area contributed by atoms with Crippen LogP contribution in [0.25, 0.3) is 0 Å². The van der Waals surface area contributed by atoms with Crippen molar-refractivity contribution >= 4 is 5.97 Å². The number of carboxylic acids is 1. The van der Waals surface area contributed by atoms with Gasteiger partial charge >= 0.3 is 5.97 Å². The molecular formula is C16H30N2O2. The normalized spacial score (nSPS) is 33.2. The van der Waals surface area contributed by atoms with E-state index < -0.39 is 11.4 Å². The van der Waals surface area contributed by atoms with Crippen molar-refractivity contribution in [2.24, 2.45) is 11.3 Å². The van der Waals surface area contributed by atoms with Crippen LogP contribution < -0.4 is 0 Å². The zero-order valence-electron chi connectivity index (χ0n) is 13.1. The van der Waals surface area contributed by atoms with Gasteiger partial charge in [-0.1, -0.05) is 26.7 Å². The van der Waals surface area contributed by atoms with Crippen molar-refractivity contribution in [2.75, 3.05) is 39.3 Å². The minimum Gasteiger partial charge on any atom is -0.481 e. The molecule has 0 amide bonds. The Hall–Kier alpha value is -0.610. The van der Waals surface area contributed by atoms with Crippen molar-refractivity contribution in [1.29, 1.82) is 0 Å². The van der Waals surface area contributed by atoms with E-state index in [1.54, 1.807) is 0 Å². The van der Waals surface area contributed by atoms with E-state index in [0.29, 0.717) is 5.92 Å². The quantitative estimate of drug-likeness (QED) is 0.840. The van der Waals surface area contributed by atoms with Crippen molar-refractivity contribution in [3.05, 3.63) is 0 Å². The van der Waals surface area contributed by atoms with E-state index in [1.165, 1.54) is 19.4 Å². The SMILES string of the molecule is CCCN1CCN(CC2(C(=O)O)CCCC(C)C2)CC1. The Kier molecular flexibility index (Phi) is 5.44. The Morgan fingerprint density at radius 3 is 2.45 bits per heavy atom. The second-order valence-electron chi connectivity index (χ2n) is 6.90. The summed E-state index contributed by atoms with van der Waals surface area (Å²) in [6.45, 7) is 10.6. The summed E-state index contributed by atoms with van der Waals surface area (Å²) < 4.78 is 0. The first kappa shape index (κ1) is 15.8. The number of nitrogens with zero attached hydrogens (tertiary/aromatic N) is 2. The Morgan fingerprint density at radius 1 is 1.25 bits per heavy atom. The highest BCUT2D eigenvalue weighted by Gasteiger charge is 2.43. The maximum atomic E-state index is 11.8. The molecule has 0 radical (unpaired) electrons. The minimum atomic E-state index is -0.569. The molecule has 2 fully saturated rings. The van der Waals surface area contributed by atoms with Gasteiger partial charge < -0.3 is 10.0 Å². The highest BCUT2D eigenvalue weighted by molar-refractivity contribution is 5.75. The predicted molar refractivity (Wildman–Crippen MR) is 80.9 cm³/mol. The van der Waals surface area contributed by atoms with Crippen LogP contribution in [0.1, 0.15) is 46.0 Å². The molecule has 1 aliphatic carbocycles. The van der Waals surface area contributed by atoms with E-state index in [9.17, 15) is 9.90 Å². The third kappa shape index (κ3) is 3.73. The molecule has 20 heavy (non-hydrogen) atoms. The average Bonchev–Trinajstić information content (AvgIpc) is 2.41. The van der Waals surface area contributed by atoms with Crippen LogP contribution in [-0.4, -0.2) is 60.1 Å². The lowest BCUT2D eigenvalue weighted by Gasteiger charge is -2.42. The smallest absolute Gasteiger partial charge is 0.310 e. The standard InChI is InChI=1S/C16H30N2O2/c1-3-7-17-8-10-18(11-9-17)13-16(15(19)20)6-4-5-14(2)12-16/h14H,3-13H2,1-2H3,(H,19,20). The van der Waals surface area contributed by atoms with Crippen molar-refractivity contribution in [3.63, 3.8) is 0 Å². The van der Waals surface area contributed by atoms with Crippen molar-refractivity contribution in [2.45, 2.75) is 46.0 Å². The van der Waals surface area contributed by atoms with Crippen LogP contribution in [0.2, 0.25) is 0 Å². The molecule has 0 aromatic heterocycles. The molecule has 4 heteroatoms. The molecule has 0 aromatic carbocycles. The molecule has 2 aliphatic rings. The van der Waals surface area contributed by atoms with Gasteiger partial charge in [-0.05, 0) is 31.7 Å². The zero-order chi connectivity index (χ0) is 14.6. The molecule has 2 atom stereocenters. The third-order valence-electron chi connectivity index (χ3n) is 5.08. The topological polar surface area (TPSA) is 43.8 Å². The van der Waals surface area contributed by atoms with Gasteiger partial charge in [-0.15, -0.1) is 0 Å². The van der Waals surface area contributed by atoms with Gasteiger partial charge in [-0.2, -0.15) is 0 Å². The molecule has 0 spiro atoms. The van der Waals surface area contributed by atoms with Gasteiger partial charge in [-0.25, -0.2) is 0 Å². The number of aliphatic carboxylic acids is 1. The van der Waals surface area contributed by atoms with Gasteiger partial charge in [0.05, 0.1) is 5.41 Å². The predicted octanol–water partition coefficient (Wildman–Crippen LogP) is 2.30. The summed E-state index contributed by atoms with van der Waals surface area (Å²) >= 11 is 0. The largest absolute Gasteiger partial charge is 0.481 e. The van der Waals surface area contributed by atoms with Gasteiger partial charge in [0, 0.05) is 32.7 Å². The molecule has 1 N–H and O–H groups in total. The average molecular weight is 282 g/mol. The molecule has 4 nitrogen and oxygen atoms in total. The first-order valence-corrected chi connectivity index (χ1v) is 8.24. The van der Waals surface area contributed by atoms with E-state index in [1.807, 2.05) is 0 Å². The molecule has 116 valence electrons. The number of carboxylic acid groups (broad SMARTS) is 1. The Bertz CT molecular complexity index is 326. The van der Waals surface area contributed by atoms with Crippen LogP contribution in [-0.2, 0) is 4.79 Å². The van der Waals surface area contributed by atoms with Crippen molar-refractivity contribution in [1.82, 2.24) is 9.80 Å². The van der Waals surface area contributed by atoms with E-state index in [4.69, 9.17) is 0 Å².